The van der Waals surface area contributed by atoms with Gasteiger partial charge in [0.2, 0.25) is 0 Å². The molecule has 14 heavy (non-hydrogen) atoms. The van der Waals surface area contributed by atoms with Gasteiger partial charge in [0.1, 0.15) is 6.79 Å². The number of benzene rings is 1. The van der Waals surface area contributed by atoms with Gasteiger partial charge in [-0.25, -0.2) is 0 Å². The molecule has 1 aromatic carbocycles. The van der Waals surface area contributed by atoms with Crippen LogP contribution in [-0.2, 0) is 16.1 Å². The van der Waals surface area contributed by atoms with Crippen LogP contribution in [0.5, 0.6) is 0 Å². The van der Waals surface area contributed by atoms with E-state index in [-0.39, 0.29) is 12.5 Å². The van der Waals surface area contributed by atoms with Crippen LogP contribution in [0.25, 0.3) is 0 Å². The first-order valence-corrected chi connectivity index (χ1v) is 4.04. The lowest BCUT2D eigenvalue weighted by molar-refractivity contribution is -0.385. The van der Waals surface area contributed by atoms with Gasteiger partial charge < -0.3 is 9.47 Å². The molecule has 0 aliphatic heterocycles. The molecule has 0 N–H and O–H groups in total. The second-order valence-corrected chi connectivity index (χ2v) is 2.68. The Bertz CT molecular complexity index is 313. The fourth-order valence-corrected chi connectivity index (χ4v) is 1.00. The van der Waals surface area contributed by atoms with Crippen LogP contribution < -0.4 is 0 Å². The minimum absolute atomic E-state index is 0.0727. The zero-order valence-corrected chi connectivity index (χ0v) is 7.80. The Morgan fingerprint density at radius 2 is 2.29 bits per heavy atom. The van der Waals surface area contributed by atoms with Crippen LogP contribution >= 0.6 is 0 Å². The summed E-state index contributed by atoms with van der Waals surface area (Å²) in [5, 5.41) is 10.4. The lowest BCUT2D eigenvalue weighted by atomic mass is 10.2. The predicted octanol–water partition coefficient (Wildman–Crippen LogP) is 1.72. The van der Waals surface area contributed by atoms with Crippen LogP contribution in [-0.4, -0.2) is 18.8 Å². The van der Waals surface area contributed by atoms with Crippen LogP contribution in [0.3, 0.4) is 0 Å². The number of nitrogens with zero attached hydrogens (tertiary/aromatic N) is 1. The van der Waals surface area contributed by atoms with E-state index in [4.69, 9.17) is 4.74 Å². The van der Waals surface area contributed by atoms with Crippen molar-refractivity contribution in [1.82, 2.24) is 0 Å². The average Bonchev–Trinajstić information content (AvgIpc) is 2.19. The molecule has 0 saturated heterocycles. The van der Waals surface area contributed by atoms with E-state index < -0.39 is 4.92 Å². The zero-order valence-electron chi connectivity index (χ0n) is 7.80. The average molecular weight is 197 g/mol. The number of non-ortho nitro benzene ring substituents is 1. The maximum absolute atomic E-state index is 10.4. The van der Waals surface area contributed by atoms with Crippen molar-refractivity contribution >= 4 is 5.69 Å². The third-order valence-electron chi connectivity index (χ3n) is 1.59. The first-order valence-electron chi connectivity index (χ1n) is 4.04. The maximum atomic E-state index is 10.4. The highest BCUT2D eigenvalue weighted by Crippen LogP contribution is 2.13. The highest BCUT2D eigenvalue weighted by atomic mass is 16.7. The van der Waals surface area contributed by atoms with Crippen LogP contribution in [0.1, 0.15) is 5.56 Å². The van der Waals surface area contributed by atoms with Gasteiger partial charge in [-0.3, -0.25) is 10.1 Å². The van der Waals surface area contributed by atoms with Crippen LogP contribution in [0, 0.1) is 10.1 Å². The number of nitro groups is 1. The first-order chi connectivity index (χ1) is 6.74. The lowest BCUT2D eigenvalue weighted by Gasteiger charge is -2.02. The van der Waals surface area contributed by atoms with Crippen molar-refractivity contribution in [3.8, 4) is 0 Å². The summed E-state index contributed by atoms with van der Waals surface area (Å²) in [5.41, 5.74) is 0.833. The molecule has 0 aromatic heterocycles. The molecule has 0 spiro atoms. The summed E-state index contributed by atoms with van der Waals surface area (Å²) in [7, 11) is 1.52. The Morgan fingerprint density at radius 1 is 1.50 bits per heavy atom. The topological polar surface area (TPSA) is 61.6 Å². The maximum Gasteiger partial charge on any atom is 0.269 e. The number of nitro benzene ring substituents is 1. The van der Waals surface area contributed by atoms with Gasteiger partial charge in [0.15, 0.2) is 0 Å². The van der Waals surface area contributed by atoms with Gasteiger partial charge in [0, 0.05) is 19.2 Å². The highest BCUT2D eigenvalue weighted by molar-refractivity contribution is 5.33. The standard InChI is InChI=1S/C9H11NO4/c1-13-7-14-6-8-3-2-4-9(5-8)10(11)12/h2-5H,6-7H2,1H3. The highest BCUT2D eigenvalue weighted by Gasteiger charge is 2.04. The molecule has 1 aromatic rings. The molecule has 0 atom stereocenters. The van der Waals surface area contributed by atoms with E-state index in [0.29, 0.717) is 6.61 Å². The number of methoxy groups -OCH3 is 1. The zero-order chi connectivity index (χ0) is 10.4. The third kappa shape index (κ3) is 3.12. The first kappa shape index (κ1) is 10.6. The van der Waals surface area contributed by atoms with Crippen LogP contribution in [0.4, 0.5) is 5.69 Å². The summed E-state index contributed by atoms with van der Waals surface area (Å²) in [5.74, 6) is 0. The van der Waals surface area contributed by atoms with E-state index in [9.17, 15) is 10.1 Å². The van der Waals surface area contributed by atoms with E-state index in [1.807, 2.05) is 0 Å². The molecular formula is C9H11NO4. The molecule has 0 unspecified atom stereocenters. The number of rotatable bonds is 5. The molecule has 0 radical (unpaired) electrons. The molecule has 0 saturated carbocycles. The van der Waals surface area contributed by atoms with Crippen molar-refractivity contribution in [1.29, 1.82) is 0 Å². The van der Waals surface area contributed by atoms with Gasteiger partial charge in [-0.05, 0) is 5.56 Å². The Kier molecular flexibility index (Phi) is 4.03. The lowest BCUT2D eigenvalue weighted by Crippen LogP contribution is -1.97. The van der Waals surface area contributed by atoms with Gasteiger partial charge in [-0.2, -0.15) is 0 Å². The van der Waals surface area contributed by atoms with Crippen molar-refractivity contribution < 1.29 is 14.4 Å². The molecule has 0 bridgehead atoms. The van der Waals surface area contributed by atoms with E-state index in [0.717, 1.165) is 5.56 Å². The molecule has 0 amide bonds. The largest absolute Gasteiger partial charge is 0.359 e. The molecule has 0 aliphatic carbocycles. The fourth-order valence-electron chi connectivity index (χ4n) is 1.00. The van der Waals surface area contributed by atoms with Crippen molar-refractivity contribution in [3.63, 3.8) is 0 Å². The SMILES string of the molecule is COCOCc1cccc([N+](=O)[O-])c1. The Morgan fingerprint density at radius 3 is 2.93 bits per heavy atom. The van der Waals surface area contributed by atoms with Crippen LogP contribution in [0.2, 0.25) is 0 Å². The van der Waals surface area contributed by atoms with E-state index in [2.05, 4.69) is 4.74 Å². The quantitative estimate of drug-likeness (QED) is 0.312. The van der Waals surface area contributed by atoms with Crippen molar-refractivity contribution in [3.05, 3.63) is 39.9 Å². The fraction of sp³-hybridized carbons (Fsp3) is 0.333. The summed E-state index contributed by atoms with van der Waals surface area (Å²) >= 11 is 0. The number of hydrogen-bond acceptors (Lipinski definition) is 4. The second-order valence-electron chi connectivity index (χ2n) is 2.68. The van der Waals surface area contributed by atoms with Gasteiger partial charge in [-0.15, -0.1) is 0 Å². The van der Waals surface area contributed by atoms with Crippen molar-refractivity contribution in [2.24, 2.45) is 0 Å². The summed E-state index contributed by atoms with van der Waals surface area (Å²) in [6.45, 7) is 0.498. The van der Waals surface area contributed by atoms with Crippen LogP contribution in [0.15, 0.2) is 24.3 Å². The molecule has 5 nitrogen and oxygen atoms in total. The third-order valence-corrected chi connectivity index (χ3v) is 1.59. The number of ether oxygens (including phenoxy) is 2. The summed E-state index contributed by atoms with van der Waals surface area (Å²) in [4.78, 5) is 9.99. The molecule has 76 valence electrons. The minimum atomic E-state index is -0.431. The Balaban J connectivity index is 2.59. The smallest absolute Gasteiger partial charge is 0.269 e. The molecule has 1 rings (SSSR count). The molecule has 0 heterocycles. The van der Waals surface area contributed by atoms with Gasteiger partial charge in [0.25, 0.3) is 5.69 Å². The Hall–Kier alpha value is -1.46. The van der Waals surface area contributed by atoms with E-state index in [1.54, 1.807) is 12.1 Å². The normalized spacial score (nSPS) is 10.1. The molecule has 5 heteroatoms. The second kappa shape index (κ2) is 5.31. The summed E-state index contributed by atoms with van der Waals surface area (Å²) in [6, 6.07) is 6.32. The van der Waals surface area contributed by atoms with E-state index in [1.165, 1.54) is 19.2 Å². The minimum Gasteiger partial charge on any atom is -0.359 e. The van der Waals surface area contributed by atoms with Crippen molar-refractivity contribution in [2.45, 2.75) is 6.61 Å². The molecular weight excluding hydrogens is 186 g/mol. The number of hydrogen-bond donors (Lipinski definition) is 0. The van der Waals surface area contributed by atoms with Gasteiger partial charge >= 0.3 is 0 Å². The summed E-state index contributed by atoms with van der Waals surface area (Å²) < 4.78 is 9.74. The predicted molar refractivity (Wildman–Crippen MR) is 49.8 cm³/mol. The molecule has 0 fully saturated rings. The van der Waals surface area contributed by atoms with Crippen molar-refractivity contribution in [2.75, 3.05) is 13.9 Å². The summed E-state index contributed by atoms with van der Waals surface area (Å²) in [6.07, 6.45) is 0. The van der Waals surface area contributed by atoms with Gasteiger partial charge in [0.05, 0.1) is 11.5 Å². The van der Waals surface area contributed by atoms with E-state index >= 15 is 0 Å². The van der Waals surface area contributed by atoms with Gasteiger partial charge in [-0.1, -0.05) is 12.1 Å². The Labute approximate surface area is 81.4 Å². The molecule has 0 aliphatic rings. The monoisotopic (exact) mass is 197 g/mol.